The van der Waals surface area contributed by atoms with Crippen LogP contribution in [0.2, 0.25) is 5.15 Å². The summed E-state index contributed by atoms with van der Waals surface area (Å²) in [5.41, 5.74) is 6.32. The van der Waals surface area contributed by atoms with E-state index in [2.05, 4.69) is 9.71 Å². The molecule has 1 aromatic heterocycles. The van der Waals surface area contributed by atoms with Crippen molar-refractivity contribution in [3.8, 4) is 0 Å². The summed E-state index contributed by atoms with van der Waals surface area (Å²) in [7, 11) is -4.05. The van der Waals surface area contributed by atoms with Gasteiger partial charge < -0.3 is 5.73 Å². The lowest BCUT2D eigenvalue weighted by Gasteiger charge is -2.10. The van der Waals surface area contributed by atoms with Crippen molar-refractivity contribution in [3.63, 3.8) is 0 Å². The predicted molar refractivity (Wildman–Crippen MR) is 75.6 cm³/mol. The summed E-state index contributed by atoms with van der Waals surface area (Å²) >= 11 is 5.75. The van der Waals surface area contributed by atoms with Gasteiger partial charge >= 0.3 is 0 Å². The van der Waals surface area contributed by atoms with Gasteiger partial charge in [-0.1, -0.05) is 11.6 Å². The lowest BCUT2D eigenvalue weighted by atomic mass is 10.3. The lowest BCUT2D eigenvalue weighted by Crippen LogP contribution is -2.15. The van der Waals surface area contributed by atoms with Crippen LogP contribution in [0.4, 0.5) is 15.8 Å². The summed E-state index contributed by atoms with van der Waals surface area (Å²) in [5.74, 6) is -0.920. The Morgan fingerprint density at radius 3 is 2.65 bits per heavy atom. The van der Waals surface area contributed by atoms with Crippen LogP contribution in [0.5, 0.6) is 0 Å². The van der Waals surface area contributed by atoms with Crippen LogP contribution in [0.25, 0.3) is 0 Å². The summed E-state index contributed by atoms with van der Waals surface area (Å²) < 4.78 is 40.0. The fraction of sp³-hybridized carbons (Fsp3) is 0.0833. The van der Waals surface area contributed by atoms with E-state index in [-0.39, 0.29) is 16.5 Å². The molecule has 3 N–H and O–H groups in total. The Balaban J connectivity index is 2.38. The van der Waals surface area contributed by atoms with E-state index in [9.17, 15) is 12.8 Å². The number of nitrogen functional groups attached to an aromatic ring is 1. The third-order valence-electron chi connectivity index (χ3n) is 2.51. The van der Waals surface area contributed by atoms with Crippen LogP contribution < -0.4 is 10.5 Å². The minimum atomic E-state index is -4.05. The molecule has 0 radical (unpaired) electrons. The SMILES string of the molecule is Cc1cc(NS(=O)(=O)c2ccc(N)cc2F)cnc1Cl. The minimum Gasteiger partial charge on any atom is -0.399 e. The highest BCUT2D eigenvalue weighted by Gasteiger charge is 2.19. The first-order chi connectivity index (χ1) is 9.29. The molecule has 1 heterocycles. The maximum Gasteiger partial charge on any atom is 0.264 e. The number of sulfonamides is 1. The number of halogens is 2. The molecule has 8 heteroatoms. The summed E-state index contributed by atoms with van der Waals surface area (Å²) in [6.07, 6.45) is 1.25. The number of pyridine rings is 1. The molecular weight excluding hydrogens is 305 g/mol. The Labute approximate surface area is 120 Å². The predicted octanol–water partition coefficient (Wildman–Crippen LogP) is 2.57. The molecule has 20 heavy (non-hydrogen) atoms. The molecule has 0 aliphatic rings. The Morgan fingerprint density at radius 2 is 2.05 bits per heavy atom. The zero-order chi connectivity index (χ0) is 14.9. The van der Waals surface area contributed by atoms with Crippen molar-refractivity contribution in [2.45, 2.75) is 11.8 Å². The van der Waals surface area contributed by atoms with Gasteiger partial charge in [-0.15, -0.1) is 0 Å². The molecule has 106 valence electrons. The molecular formula is C12H11ClFN3O2S. The maximum absolute atomic E-state index is 13.7. The number of nitrogens with zero attached hydrogens (tertiary/aromatic N) is 1. The minimum absolute atomic E-state index is 0.144. The van der Waals surface area contributed by atoms with Crippen LogP contribution in [0.15, 0.2) is 35.4 Å². The van der Waals surface area contributed by atoms with Gasteiger partial charge in [0.15, 0.2) is 0 Å². The van der Waals surface area contributed by atoms with Gasteiger partial charge in [-0.05, 0) is 36.8 Å². The van der Waals surface area contributed by atoms with Gasteiger partial charge in [0.05, 0.1) is 11.9 Å². The molecule has 0 amide bonds. The fourth-order valence-electron chi connectivity index (χ4n) is 1.56. The molecule has 1 aromatic carbocycles. The first-order valence-electron chi connectivity index (χ1n) is 5.49. The highest BCUT2D eigenvalue weighted by Crippen LogP contribution is 2.22. The van der Waals surface area contributed by atoms with E-state index in [1.54, 1.807) is 6.92 Å². The molecule has 0 atom stereocenters. The lowest BCUT2D eigenvalue weighted by molar-refractivity contribution is 0.571. The molecule has 0 saturated heterocycles. The molecule has 0 aliphatic carbocycles. The van der Waals surface area contributed by atoms with E-state index in [1.807, 2.05) is 0 Å². The number of nitrogens with one attached hydrogen (secondary N) is 1. The van der Waals surface area contributed by atoms with Crippen molar-refractivity contribution in [2.24, 2.45) is 0 Å². The van der Waals surface area contributed by atoms with E-state index in [0.29, 0.717) is 5.56 Å². The zero-order valence-corrected chi connectivity index (χ0v) is 12.0. The van der Waals surface area contributed by atoms with Crippen molar-refractivity contribution in [1.82, 2.24) is 4.98 Å². The van der Waals surface area contributed by atoms with E-state index >= 15 is 0 Å². The number of nitrogens with two attached hydrogens (primary N) is 1. The first kappa shape index (κ1) is 14.5. The van der Waals surface area contributed by atoms with Crippen LogP contribution in [0.1, 0.15) is 5.56 Å². The van der Waals surface area contributed by atoms with Gasteiger partial charge in [0.25, 0.3) is 10.0 Å². The molecule has 2 rings (SSSR count). The Kier molecular flexibility index (Phi) is 3.82. The quantitative estimate of drug-likeness (QED) is 0.673. The Morgan fingerprint density at radius 1 is 1.35 bits per heavy atom. The maximum atomic E-state index is 13.7. The van der Waals surface area contributed by atoms with E-state index in [1.165, 1.54) is 18.3 Å². The third kappa shape index (κ3) is 3.00. The van der Waals surface area contributed by atoms with Crippen molar-refractivity contribution < 1.29 is 12.8 Å². The molecule has 5 nitrogen and oxygen atoms in total. The average Bonchev–Trinajstić information content (AvgIpc) is 2.33. The average molecular weight is 316 g/mol. The van der Waals surface area contributed by atoms with Gasteiger partial charge in [-0.3, -0.25) is 4.72 Å². The number of hydrogen-bond donors (Lipinski definition) is 2. The summed E-state index contributed by atoms with van der Waals surface area (Å²) in [6.45, 7) is 1.68. The summed E-state index contributed by atoms with van der Waals surface area (Å²) in [6, 6.07) is 4.86. The highest BCUT2D eigenvalue weighted by molar-refractivity contribution is 7.92. The number of benzene rings is 1. The number of hydrogen-bond acceptors (Lipinski definition) is 4. The van der Waals surface area contributed by atoms with Crippen molar-refractivity contribution in [1.29, 1.82) is 0 Å². The van der Waals surface area contributed by atoms with Crippen LogP contribution in [0, 0.1) is 12.7 Å². The number of aryl methyl sites for hydroxylation is 1. The molecule has 0 aliphatic heterocycles. The van der Waals surface area contributed by atoms with E-state index in [4.69, 9.17) is 17.3 Å². The fourth-order valence-corrected chi connectivity index (χ4v) is 2.76. The van der Waals surface area contributed by atoms with E-state index < -0.39 is 20.7 Å². The van der Waals surface area contributed by atoms with E-state index in [0.717, 1.165) is 12.1 Å². The van der Waals surface area contributed by atoms with Gasteiger partial charge in [0.1, 0.15) is 15.9 Å². The van der Waals surface area contributed by atoms with Gasteiger partial charge in [-0.25, -0.2) is 17.8 Å². The Bertz CT molecular complexity index is 765. The first-order valence-corrected chi connectivity index (χ1v) is 7.36. The standard InChI is InChI=1S/C12H11ClFN3O2S/c1-7-4-9(6-16-12(7)13)17-20(18,19)11-3-2-8(15)5-10(11)14/h2-6,17H,15H2,1H3. The summed E-state index contributed by atoms with van der Waals surface area (Å²) in [5, 5.41) is 0.270. The zero-order valence-electron chi connectivity index (χ0n) is 10.4. The normalized spacial score (nSPS) is 11.3. The highest BCUT2D eigenvalue weighted by atomic mass is 35.5. The number of aromatic nitrogens is 1. The van der Waals surface area contributed by atoms with Crippen LogP contribution >= 0.6 is 11.6 Å². The van der Waals surface area contributed by atoms with Crippen molar-refractivity contribution in [3.05, 3.63) is 47.0 Å². The molecule has 0 unspecified atom stereocenters. The second-order valence-electron chi connectivity index (χ2n) is 4.13. The molecule has 2 aromatic rings. The molecule has 0 fully saturated rings. The number of rotatable bonds is 3. The van der Waals surface area contributed by atoms with Crippen LogP contribution in [0.3, 0.4) is 0 Å². The molecule has 0 saturated carbocycles. The second-order valence-corrected chi connectivity index (χ2v) is 6.14. The summed E-state index contributed by atoms with van der Waals surface area (Å²) in [4.78, 5) is 3.33. The van der Waals surface area contributed by atoms with Gasteiger partial charge in [0, 0.05) is 5.69 Å². The smallest absolute Gasteiger partial charge is 0.264 e. The van der Waals surface area contributed by atoms with Crippen molar-refractivity contribution in [2.75, 3.05) is 10.5 Å². The van der Waals surface area contributed by atoms with Crippen LogP contribution in [-0.4, -0.2) is 13.4 Å². The number of anilines is 2. The largest absolute Gasteiger partial charge is 0.399 e. The molecule has 0 spiro atoms. The van der Waals surface area contributed by atoms with Crippen molar-refractivity contribution >= 4 is 33.0 Å². The monoisotopic (exact) mass is 315 g/mol. The van der Waals surface area contributed by atoms with Gasteiger partial charge in [-0.2, -0.15) is 0 Å². The van der Waals surface area contributed by atoms with Gasteiger partial charge in [0.2, 0.25) is 0 Å². The third-order valence-corrected chi connectivity index (χ3v) is 4.32. The Hall–Kier alpha value is -1.86. The second kappa shape index (κ2) is 5.26. The molecule has 0 bridgehead atoms. The topological polar surface area (TPSA) is 85.1 Å². The van der Waals surface area contributed by atoms with Crippen LogP contribution in [-0.2, 0) is 10.0 Å².